The Balaban J connectivity index is 0.000000191. The SMILES string of the molecule is CC(C(=O)O)C(CC(=O)OC1CC(C)(C)NC(C)(C)C1)C(=O)O.O=C1C=C(N2CC2)C(=O)C(N2CC2)=C1N1CC1. The standard InChI is InChI=1S/C16H27NO6.C12H13N3O2/c1-9(13(19)20)11(14(21)22)6-12(18)23-10-7-15(2,3)17-16(4,5)8-10;16-9-7-8(13-1-2-13)12(17)11(15-5-6-15)10(9)14-3-4-14/h9-11,17H,6-8H2,1-5H3,(H,19,20)(H,21,22);7H,1-6H2. The Bertz CT molecular complexity index is 1140. The molecule has 0 bridgehead atoms. The van der Waals surface area contributed by atoms with Crippen molar-refractivity contribution in [3.8, 4) is 0 Å². The Morgan fingerprint density at radius 1 is 0.900 bits per heavy atom. The molecule has 0 radical (unpaired) electrons. The number of carbonyl (C=O) groups excluding carboxylic acids is 3. The minimum Gasteiger partial charge on any atom is -0.481 e. The van der Waals surface area contributed by atoms with Crippen LogP contribution in [0.15, 0.2) is 23.2 Å². The molecular weight excluding hydrogens is 520 g/mol. The van der Waals surface area contributed by atoms with Gasteiger partial charge in [-0.1, -0.05) is 6.92 Å². The molecule has 0 amide bonds. The second-order valence-corrected chi connectivity index (χ2v) is 12.6. The van der Waals surface area contributed by atoms with Crippen molar-refractivity contribution in [3.63, 3.8) is 0 Å². The highest BCUT2D eigenvalue weighted by molar-refractivity contribution is 6.22. The van der Waals surface area contributed by atoms with E-state index in [1.165, 1.54) is 13.0 Å². The van der Waals surface area contributed by atoms with Gasteiger partial charge >= 0.3 is 17.9 Å². The Morgan fingerprint density at radius 2 is 1.40 bits per heavy atom. The number of allylic oxidation sites excluding steroid dienone is 1. The number of aliphatic carboxylic acids is 2. The highest BCUT2D eigenvalue weighted by atomic mass is 16.5. The molecule has 4 fully saturated rings. The molecule has 4 aliphatic heterocycles. The molecule has 220 valence electrons. The summed E-state index contributed by atoms with van der Waals surface area (Å²) in [5.41, 5.74) is 1.48. The lowest BCUT2D eigenvalue weighted by molar-refractivity contribution is -0.162. The summed E-state index contributed by atoms with van der Waals surface area (Å²) in [6.07, 6.45) is 2.01. The number of carboxylic acids is 2. The molecule has 12 heteroatoms. The van der Waals surface area contributed by atoms with E-state index < -0.39 is 36.2 Å². The zero-order valence-electron chi connectivity index (χ0n) is 23.9. The van der Waals surface area contributed by atoms with E-state index >= 15 is 0 Å². The summed E-state index contributed by atoms with van der Waals surface area (Å²) in [5.74, 6) is -5.60. The quantitative estimate of drug-likeness (QED) is 0.208. The number of ketones is 2. The smallest absolute Gasteiger partial charge is 0.307 e. The number of carboxylic acid groups (broad SMARTS) is 2. The van der Waals surface area contributed by atoms with E-state index in [2.05, 4.69) is 5.32 Å². The minimum absolute atomic E-state index is 0.00546. The summed E-state index contributed by atoms with van der Waals surface area (Å²) in [6.45, 7) is 14.7. The molecule has 0 aromatic rings. The Morgan fingerprint density at radius 3 is 1.85 bits per heavy atom. The van der Waals surface area contributed by atoms with Gasteiger partial charge in [0, 0.05) is 69.3 Å². The average Bonchev–Trinajstić information content (AvgIpc) is 3.66. The third-order valence-corrected chi connectivity index (χ3v) is 7.64. The molecule has 4 saturated heterocycles. The molecular formula is C28H40N4O8. The summed E-state index contributed by atoms with van der Waals surface area (Å²) in [6, 6.07) is 0. The molecule has 5 rings (SSSR count). The van der Waals surface area contributed by atoms with Gasteiger partial charge in [0.25, 0.3) is 0 Å². The largest absolute Gasteiger partial charge is 0.481 e. The lowest BCUT2D eigenvalue weighted by atomic mass is 9.81. The summed E-state index contributed by atoms with van der Waals surface area (Å²) in [4.78, 5) is 64.7. The first kappa shape index (κ1) is 29.6. The number of carbonyl (C=O) groups is 5. The van der Waals surface area contributed by atoms with Crippen LogP contribution in [0.4, 0.5) is 0 Å². The highest BCUT2D eigenvalue weighted by Gasteiger charge is 2.44. The number of ether oxygens (including phenoxy) is 1. The van der Waals surface area contributed by atoms with Gasteiger partial charge in [0.2, 0.25) is 11.6 Å². The van der Waals surface area contributed by atoms with E-state index in [-0.39, 0.29) is 28.7 Å². The number of rotatable bonds is 9. The van der Waals surface area contributed by atoms with Crippen LogP contribution in [0.5, 0.6) is 0 Å². The van der Waals surface area contributed by atoms with E-state index in [1.807, 2.05) is 42.4 Å². The van der Waals surface area contributed by atoms with E-state index in [0.717, 1.165) is 39.3 Å². The van der Waals surface area contributed by atoms with Crippen LogP contribution >= 0.6 is 0 Å². The Labute approximate surface area is 234 Å². The van der Waals surface area contributed by atoms with E-state index in [9.17, 15) is 24.0 Å². The first-order valence-electron chi connectivity index (χ1n) is 13.8. The van der Waals surface area contributed by atoms with Crippen molar-refractivity contribution in [1.29, 1.82) is 0 Å². The van der Waals surface area contributed by atoms with E-state index in [1.54, 1.807) is 0 Å². The fourth-order valence-electron chi connectivity index (χ4n) is 5.65. The molecule has 12 nitrogen and oxygen atoms in total. The molecule has 3 N–H and O–H groups in total. The predicted octanol–water partition coefficient (Wildman–Crippen LogP) is 0.831. The van der Waals surface area contributed by atoms with Crippen molar-refractivity contribution in [3.05, 3.63) is 23.2 Å². The van der Waals surface area contributed by atoms with E-state index in [0.29, 0.717) is 29.9 Å². The predicted molar refractivity (Wildman–Crippen MR) is 143 cm³/mol. The van der Waals surface area contributed by atoms with Crippen molar-refractivity contribution < 1.29 is 38.9 Å². The fraction of sp³-hybridized carbons (Fsp3) is 0.679. The molecule has 40 heavy (non-hydrogen) atoms. The van der Waals surface area contributed by atoms with Crippen LogP contribution in [0.2, 0.25) is 0 Å². The molecule has 0 spiro atoms. The molecule has 2 unspecified atom stereocenters. The molecule has 0 saturated carbocycles. The second kappa shape index (κ2) is 10.9. The maximum atomic E-state index is 12.4. The maximum absolute atomic E-state index is 12.4. The summed E-state index contributed by atoms with van der Waals surface area (Å²) < 4.78 is 5.44. The number of esters is 1. The highest BCUT2D eigenvalue weighted by Crippen LogP contribution is 2.34. The van der Waals surface area contributed by atoms with Gasteiger partial charge in [0.1, 0.15) is 17.5 Å². The van der Waals surface area contributed by atoms with Gasteiger partial charge in [-0.05, 0) is 27.7 Å². The maximum Gasteiger partial charge on any atom is 0.307 e. The minimum atomic E-state index is -1.30. The number of hydrogen-bond donors (Lipinski definition) is 3. The molecule has 4 heterocycles. The topological polar surface area (TPSA) is 156 Å². The zero-order chi connectivity index (χ0) is 29.6. The van der Waals surface area contributed by atoms with Crippen molar-refractivity contribution in [1.82, 2.24) is 20.0 Å². The van der Waals surface area contributed by atoms with Gasteiger partial charge in [-0.2, -0.15) is 0 Å². The van der Waals surface area contributed by atoms with Crippen molar-refractivity contribution in [2.45, 2.75) is 71.1 Å². The van der Waals surface area contributed by atoms with Crippen molar-refractivity contribution in [2.75, 3.05) is 39.3 Å². The number of nitrogens with zero attached hydrogens (tertiary/aromatic N) is 3. The second-order valence-electron chi connectivity index (χ2n) is 12.6. The normalized spacial score (nSPS) is 24.4. The third-order valence-electron chi connectivity index (χ3n) is 7.64. The molecule has 2 atom stereocenters. The summed E-state index contributed by atoms with van der Waals surface area (Å²) in [7, 11) is 0. The molecule has 0 aromatic carbocycles. The van der Waals surface area contributed by atoms with Crippen LogP contribution in [-0.2, 0) is 28.7 Å². The number of Topliss-reactive ketones (excluding diaryl/α,β-unsaturated/α-hetero) is 1. The Hall–Kier alpha value is -3.41. The third kappa shape index (κ3) is 7.21. The van der Waals surface area contributed by atoms with Crippen LogP contribution in [0.3, 0.4) is 0 Å². The fourth-order valence-corrected chi connectivity index (χ4v) is 5.65. The molecule has 1 aliphatic carbocycles. The summed E-state index contributed by atoms with van der Waals surface area (Å²) in [5, 5.41) is 21.5. The first-order chi connectivity index (χ1) is 18.6. The van der Waals surface area contributed by atoms with Crippen LogP contribution in [-0.4, -0.2) is 111 Å². The number of nitrogens with one attached hydrogen (secondary N) is 1. The monoisotopic (exact) mass is 560 g/mol. The zero-order valence-corrected chi connectivity index (χ0v) is 23.9. The lowest BCUT2D eigenvalue weighted by Crippen LogP contribution is -2.59. The molecule has 5 aliphatic rings. The molecule has 0 aromatic heterocycles. The van der Waals surface area contributed by atoms with Gasteiger partial charge in [-0.15, -0.1) is 0 Å². The van der Waals surface area contributed by atoms with Gasteiger partial charge in [-0.25, -0.2) is 0 Å². The lowest BCUT2D eigenvalue weighted by Gasteiger charge is -2.46. The van der Waals surface area contributed by atoms with Crippen LogP contribution in [0.1, 0.15) is 53.9 Å². The summed E-state index contributed by atoms with van der Waals surface area (Å²) >= 11 is 0. The first-order valence-corrected chi connectivity index (χ1v) is 13.8. The van der Waals surface area contributed by atoms with Crippen molar-refractivity contribution >= 4 is 29.5 Å². The van der Waals surface area contributed by atoms with Crippen LogP contribution < -0.4 is 5.32 Å². The van der Waals surface area contributed by atoms with Gasteiger partial charge < -0.3 is 35.0 Å². The van der Waals surface area contributed by atoms with E-state index in [4.69, 9.17) is 14.9 Å². The van der Waals surface area contributed by atoms with Gasteiger partial charge in [-0.3, -0.25) is 24.0 Å². The number of piperidine rings is 1. The average molecular weight is 561 g/mol. The van der Waals surface area contributed by atoms with Crippen molar-refractivity contribution in [2.24, 2.45) is 11.8 Å². The Kier molecular flexibility index (Phi) is 8.04. The van der Waals surface area contributed by atoms with Crippen LogP contribution in [0, 0.1) is 11.8 Å². The van der Waals surface area contributed by atoms with Gasteiger partial charge in [0.15, 0.2) is 0 Å². The van der Waals surface area contributed by atoms with Gasteiger partial charge in [0.05, 0.1) is 24.0 Å². The number of hydrogen-bond acceptors (Lipinski definition) is 10. The van der Waals surface area contributed by atoms with Crippen LogP contribution in [0.25, 0.3) is 0 Å².